The summed E-state index contributed by atoms with van der Waals surface area (Å²) in [6.45, 7) is 3.06. The van der Waals surface area contributed by atoms with Gasteiger partial charge in [-0.05, 0) is 31.0 Å². The molecule has 0 bridgehead atoms. The molecule has 1 aromatic carbocycles. The summed E-state index contributed by atoms with van der Waals surface area (Å²) in [5, 5.41) is 12.4. The van der Waals surface area contributed by atoms with Crippen molar-refractivity contribution in [3.8, 4) is 0 Å². The predicted octanol–water partition coefficient (Wildman–Crippen LogP) is 2.55. The van der Waals surface area contributed by atoms with Gasteiger partial charge in [0, 0.05) is 13.2 Å². The molecule has 0 saturated carbocycles. The number of aromatic nitrogens is 2. The van der Waals surface area contributed by atoms with E-state index in [0.29, 0.717) is 11.8 Å². The third kappa shape index (κ3) is 3.76. The van der Waals surface area contributed by atoms with Crippen molar-refractivity contribution < 1.29 is 31.5 Å². The maximum Gasteiger partial charge on any atom is 0.436 e. The van der Waals surface area contributed by atoms with Crippen molar-refractivity contribution in [3.05, 3.63) is 40.7 Å². The number of carbonyl (C=O) groups is 1. The minimum Gasteiger partial charge on any atom is -0.478 e. The molecule has 0 radical (unpaired) electrons. The quantitative estimate of drug-likeness (QED) is 0.853. The number of rotatable bonds is 4. The highest BCUT2D eigenvalue weighted by atomic mass is 32.2. The van der Waals surface area contributed by atoms with Crippen LogP contribution in [0, 0.1) is 13.8 Å². The van der Waals surface area contributed by atoms with Crippen LogP contribution >= 0.6 is 0 Å². The fourth-order valence-corrected chi connectivity index (χ4v) is 3.67. The number of aromatic carboxylic acids is 1. The number of alkyl halides is 3. The Kier molecular flexibility index (Phi) is 4.55. The summed E-state index contributed by atoms with van der Waals surface area (Å²) in [6.07, 6.45) is -4.28. The minimum absolute atomic E-state index is 0.262. The van der Waals surface area contributed by atoms with Crippen LogP contribution in [-0.2, 0) is 23.2 Å². The average Bonchev–Trinajstić information content (AvgIpc) is 2.84. The van der Waals surface area contributed by atoms with Gasteiger partial charge in [0.05, 0.1) is 11.3 Å². The lowest BCUT2D eigenvalue weighted by molar-refractivity contribution is -0.143. The summed E-state index contributed by atoms with van der Waals surface area (Å²) in [7, 11) is -3.57. The van der Waals surface area contributed by atoms with E-state index < -0.39 is 32.8 Å². The molecule has 7 nitrogen and oxygen atoms in total. The maximum absolute atomic E-state index is 13.0. The Morgan fingerprint density at radius 1 is 1.28 bits per heavy atom. The molecule has 0 spiro atoms. The monoisotopic (exact) mass is 377 g/mol. The van der Waals surface area contributed by atoms with Gasteiger partial charge in [-0.15, -0.1) is 0 Å². The molecule has 1 aromatic heterocycles. The largest absolute Gasteiger partial charge is 0.478 e. The molecule has 1 heterocycles. The Hall–Kier alpha value is -2.56. The number of halogens is 3. The van der Waals surface area contributed by atoms with E-state index in [2.05, 4.69) is 5.10 Å². The third-order valence-electron chi connectivity index (χ3n) is 3.30. The first-order valence-electron chi connectivity index (χ1n) is 6.81. The van der Waals surface area contributed by atoms with Gasteiger partial charge in [0.1, 0.15) is 4.90 Å². The van der Waals surface area contributed by atoms with E-state index in [1.807, 2.05) is 4.72 Å². The number of sulfonamides is 1. The van der Waals surface area contributed by atoms with Crippen LogP contribution in [0.15, 0.2) is 23.2 Å². The number of carboxylic acids is 1. The highest BCUT2D eigenvalue weighted by Crippen LogP contribution is 2.34. The normalized spacial score (nSPS) is 12.2. The van der Waals surface area contributed by atoms with Crippen LogP contribution in [0.5, 0.6) is 0 Å². The topological polar surface area (TPSA) is 101 Å². The number of anilines is 1. The van der Waals surface area contributed by atoms with Crippen molar-refractivity contribution in [2.45, 2.75) is 24.9 Å². The summed E-state index contributed by atoms with van der Waals surface area (Å²) in [5.41, 5.74) is -1.41. The summed E-state index contributed by atoms with van der Waals surface area (Å²) in [5.74, 6) is -1.41. The average molecular weight is 377 g/mol. The first kappa shape index (κ1) is 18.8. The second-order valence-corrected chi connectivity index (χ2v) is 7.08. The van der Waals surface area contributed by atoms with Gasteiger partial charge in [-0.25, -0.2) is 13.2 Å². The van der Waals surface area contributed by atoms with Gasteiger partial charge in [0.2, 0.25) is 0 Å². The van der Waals surface area contributed by atoms with Crippen LogP contribution in [0.3, 0.4) is 0 Å². The molecule has 0 unspecified atom stereocenters. The third-order valence-corrected chi connectivity index (χ3v) is 4.65. The van der Waals surface area contributed by atoms with E-state index in [1.165, 1.54) is 19.1 Å². The molecule has 2 N–H and O–H groups in total. The van der Waals surface area contributed by atoms with Crippen LogP contribution in [0.25, 0.3) is 0 Å². The Labute approximate surface area is 141 Å². The van der Waals surface area contributed by atoms with Crippen LogP contribution in [0.2, 0.25) is 0 Å². The molecule has 0 fully saturated rings. The van der Waals surface area contributed by atoms with Crippen molar-refractivity contribution in [2.75, 3.05) is 4.72 Å². The standard InChI is InChI=1S/C14H14F3N3O4S/c1-7-4-8(2)11(9(5-7)13(21)22)19-25(23,24)10-6-20(3)18-12(10)14(15,16)17/h4-6,19H,1-3H3,(H,21,22). The molecule has 0 amide bonds. The number of hydrogen-bond donors (Lipinski definition) is 2. The number of nitrogens with zero attached hydrogens (tertiary/aromatic N) is 2. The van der Waals surface area contributed by atoms with Gasteiger partial charge < -0.3 is 5.11 Å². The zero-order valence-corrected chi connectivity index (χ0v) is 14.2. The zero-order chi connectivity index (χ0) is 19.2. The highest BCUT2D eigenvalue weighted by molar-refractivity contribution is 7.92. The Morgan fingerprint density at radius 2 is 1.88 bits per heavy atom. The molecule has 0 aliphatic heterocycles. The van der Waals surface area contributed by atoms with Gasteiger partial charge in [0.15, 0.2) is 5.69 Å². The molecule has 0 atom stereocenters. The molecule has 11 heteroatoms. The molecule has 25 heavy (non-hydrogen) atoms. The van der Waals surface area contributed by atoms with E-state index in [9.17, 15) is 31.5 Å². The van der Waals surface area contributed by atoms with Crippen molar-refractivity contribution in [1.29, 1.82) is 0 Å². The van der Waals surface area contributed by atoms with Crippen LogP contribution in [0.1, 0.15) is 27.2 Å². The predicted molar refractivity (Wildman–Crippen MR) is 81.9 cm³/mol. The number of nitrogens with one attached hydrogen (secondary N) is 1. The van der Waals surface area contributed by atoms with E-state index in [1.54, 1.807) is 6.92 Å². The lowest BCUT2D eigenvalue weighted by atomic mass is 10.0. The van der Waals surface area contributed by atoms with Crippen molar-refractivity contribution in [1.82, 2.24) is 9.78 Å². The fraction of sp³-hybridized carbons (Fsp3) is 0.286. The number of hydrogen-bond acceptors (Lipinski definition) is 4. The van der Waals surface area contributed by atoms with E-state index >= 15 is 0 Å². The summed E-state index contributed by atoms with van der Waals surface area (Å²) < 4.78 is 66.6. The lowest BCUT2D eigenvalue weighted by Gasteiger charge is -2.14. The number of carboxylic acid groups (broad SMARTS) is 1. The fourth-order valence-electron chi connectivity index (χ4n) is 2.32. The molecule has 0 aliphatic rings. The number of benzene rings is 1. The maximum atomic E-state index is 13.0. The van der Waals surface area contributed by atoms with Crippen LogP contribution < -0.4 is 4.72 Å². The van der Waals surface area contributed by atoms with E-state index in [-0.39, 0.29) is 16.8 Å². The Morgan fingerprint density at radius 3 is 2.40 bits per heavy atom. The second kappa shape index (κ2) is 6.06. The van der Waals surface area contributed by atoms with Gasteiger partial charge in [-0.1, -0.05) is 6.07 Å². The van der Waals surface area contributed by atoms with E-state index in [0.717, 1.165) is 11.7 Å². The van der Waals surface area contributed by atoms with Crippen molar-refractivity contribution >= 4 is 21.7 Å². The van der Waals surface area contributed by atoms with Gasteiger partial charge in [0.25, 0.3) is 10.0 Å². The second-order valence-electron chi connectivity index (χ2n) is 5.43. The summed E-state index contributed by atoms with van der Waals surface area (Å²) in [6, 6.07) is 2.74. The van der Waals surface area contributed by atoms with Gasteiger partial charge in [-0.3, -0.25) is 9.40 Å². The van der Waals surface area contributed by atoms with Crippen LogP contribution in [-0.4, -0.2) is 29.3 Å². The smallest absolute Gasteiger partial charge is 0.436 e. The molecule has 0 aliphatic carbocycles. The van der Waals surface area contributed by atoms with Crippen LogP contribution in [0.4, 0.5) is 18.9 Å². The molecule has 136 valence electrons. The SMILES string of the molecule is Cc1cc(C)c(NS(=O)(=O)c2cn(C)nc2C(F)(F)F)c(C(=O)O)c1. The first-order chi connectivity index (χ1) is 11.3. The Bertz CT molecular complexity index is 949. The Balaban J connectivity index is 2.61. The molecule has 2 rings (SSSR count). The molecular formula is C14H14F3N3O4S. The number of aryl methyl sites for hydroxylation is 3. The van der Waals surface area contributed by atoms with Gasteiger partial charge in [-0.2, -0.15) is 18.3 Å². The van der Waals surface area contributed by atoms with Gasteiger partial charge >= 0.3 is 12.1 Å². The lowest BCUT2D eigenvalue weighted by Crippen LogP contribution is -2.20. The zero-order valence-electron chi connectivity index (χ0n) is 13.3. The summed E-state index contributed by atoms with van der Waals surface area (Å²) in [4.78, 5) is 10.3. The van der Waals surface area contributed by atoms with Crippen molar-refractivity contribution in [2.24, 2.45) is 7.05 Å². The molecule has 0 saturated heterocycles. The molecule has 2 aromatic rings. The summed E-state index contributed by atoms with van der Waals surface area (Å²) >= 11 is 0. The highest BCUT2D eigenvalue weighted by Gasteiger charge is 2.41. The minimum atomic E-state index is -4.98. The molecular weight excluding hydrogens is 363 g/mol. The van der Waals surface area contributed by atoms with Crippen molar-refractivity contribution in [3.63, 3.8) is 0 Å². The first-order valence-corrected chi connectivity index (χ1v) is 8.29. The van der Waals surface area contributed by atoms with E-state index in [4.69, 9.17) is 0 Å².